The van der Waals surface area contributed by atoms with E-state index in [1.807, 2.05) is 18.2 Å². The summed E-state index contributed by atoms with van der Waals surface area (Å²) < 4.78 is 28.6. The second kappa shape index (κ2) is 6.91. The molecular weight excluding hydrogens is 288 g/mol. The predicted molar refractivity (Wildman–Crippen MR) is 84.7 cm³/mol. The Morgan fingerprint density at radius 3 is 2.38 bits per heavy atom. The molecule has 1 saturated heterocycles. The first-order chi connectivity index (χ1) is 10.0. The summed E-state index contributed by atoms with van der Waals surface area (Å²) in [6.45, 7) is 1.32. The van der Waals surface area contributed by atoms with Crippen LogP contribution in [0.5, 0.6) is 0 Å². The van der Waals surface area contributed by atoms with Crippen molar-refractivity contribution in [3.05, 3.63) is 30.3 Å². The summed E-state index contributed by atoms with van der Waals surface area (Å²) in [7, 11) is -3.56. The minimum atomic E-state index is -3.56. The van der Waals surface area contributed by atoms with Gasteiger partial charge in [0.15, 0.2) is 0 Å². The van der Waals surface area contributed by atoms with Crippen LogP contribution < -0.4 is 10.0 Å². The standard InChI is InChI=1S/C14H22N4O2S/c15-14(16)9-12-18(13-7-3-1-4-8-13)21(19,20)17-10-5-2-6-11-17/h1,3-4,7-8H,2,5-6,9-12H2,(H3,15,16). The Balaban J connectivity index is 2.27. The molecule has 1 aromatic rings. The van der Waals surface area contributed by atoms with Crippen LogP contribution in [-0.4, -0.2) is 38.2 Å². The van der Waals surface area contributed by atoms with Gasteiger partial charge in [-0.15, -0.1) is 0 Å². The van der Waals surface area contributed by atoms with Crippen molar-refractivity contribution in [2.45, 2.75) is 25.7 Å². The first-order valence-electron chi connectivity index (χ1n) is 7.17. The molecule has 1 fully saturated rings. The fourth-order valence-electron chi connectivity index (χ4n) is 2.43. The third kappa shape index (κ3) is 3.95. The van der Waals surface area contributed by atoms with E-state index < -0.39 is 10.2 Å². The molecule has 0 aliphatic carbocycles. The maximum atomic E-state index is 12.8. The molecule has 0 amide bonds. The van der Waals surface area contributed by atoms with E-state index in [1.54, 1.807) is 12.1 Å². The summed E-state index contributed by atoms with van der Waals surface area (Å²) in [4.78, 5) is 0. The zero-order valence-electron chi connectivity index (χ0n) is 12.0. The van der Waals surface area contributed by atoms with Crippen LogP contribution in [0.4, 0.5) is 5.69 Å². The Bertz CT molecular complexity index is 568. The molecule has 0 radical (unpaired) electrons. The number of hydrogen-bond donors (Lipinski definition) is 2. The van der Waals surface area contributed by atoms with Crippen molar-refractivity contribution in [3.8, 4) is 0 Å². The summed E-state index contributed by atoms with van der Waals surface area (Å²) in [6.07, 6.45) is 3.09. The van der Waals surface area contributed by atoms with E-state index in [0.29, 0.717) is 18.8 Å². The summed E-state index contributed by atoms with van der Waals surface area (Å²) in [5, 5.41) is 7.34. The molecule has 116 valence electrons. The number of hydrogen-bond acceptors (Lipinski definition) is 3. The highest BCUT2D eigenvalue weighted by molar-refractivity contribution is 7.90. The number of nitrogens with one attached hydrogen (secondary N) is 1. The fraction of sp³-hybridized carbons (Fsp3) is 0.500. The molecule has 1 aliphatic heterocycles. The summed E-state index contributed by atoms with van der Waals surface area (Å²) >= 11 is 0. The molecule has 0 spiro atoms. The van der Waals surface area contributed by atoms with Crippen molar-refractivity contribution in [2.24, 2.45) is 5.73 Å². The first-order valence-corrected chi connectivity index (χ1v) is 8.57. The second-order valence-corrected chi connectivity index (χ2v) is 7.00. The second-order valence-electron chi connectivity index (χ2n) is 5.15. The van der Waals surface area contributed by atoms with Crippen molar-refractivity contribution >= 4 is 21.7 Å². The van der Waals surface area contributed by atoms with Gasteiger partial charge in [-0.05, 0) is 25.0 Å². The van der Waals surface area contributed by atoms with Gasteiger partial charge in [-0.1, -0.05) is 24.6 Å². The average molecular weight is 310 g/mol. The highest BCUT2D eigenvalue weighted by atomic mass is 32.2. The number of para-hydroxylation sites is 1. The van der Waals surface area contributed by atoms with Gasteiger partial charge in [0.2, 0.25) is 0 Å². The molecule has 21 heavy (non-hydrogen) atoms. The van der Waals surface area contributed by atoms with E-state index in [0.717, 1.165) is 19.3 Å². The highest BCUT2D eigenvalue weighted by Crippen LogP contribution is 2.23. The number of nitrogens with zero attached hydrogens (tertiary/aromatic N) is 2. The Hall–Kier alpha value is -1.60. The minimum Gasteiger partial charge on any atom is -0.388 e. The zero-order chi connectivity index (χ0) is 15.3. The largest absolute Gasteiger partial charge is 0.388 e. The SMILES string of the molecule is N=C(N)CCN(c1ccccc1)S(=O)(=O)N1CCCCC1. The van der Waals surface area contributed by atoms with Crippen LogP contribution in [0, 0.1) is 5.41 Å². The maximum Gasteiger partial charge on any atom is 0.304 e. The monoisotopic (exact) mass is 310 g/mol. The molecule has 0 aromatic heterocycles. The van der Waals surface area contributed by atoms with E-state index >= 15 is 0 Å². The fourth-order valence-corrected chi connectivity index (χ4v) is 4.14. The smallest absolute Gasteiger partial charge is 0.304 e. The van der Waals surface area contributed by atoms with Crippen LogP contribution in [-0.2, 0) is 10.2 Å². The van der Waals surface area contributed by atoms with Crippen molar-refractivity contribution in [2.75, 3.05) is 23.9 Å². The van der Waals surface area contributed by atoms with Gasteiger partial charge in [-0.3, -0.25) is 9.71 Å². The topological polar surface area (TPSA) is 90.5 Å². The minimum absolute atomic E-state index is 0.00947. The average Bonchev–Trinajstić information content (AvgIpc) is 2.49. The van der Waals surface area contributed by atoms with E-state index in [9.17, 15) is 8.42 Å². The highest BCUT2D eigenvalue weighted by Gasteiger charge is 2.30. The third-order valence-electron chi connectivity index (χ3n) is 3.55. The normalized spacial score (nSPS) is 16.6. The van der Waals surface area contributed by atoms with Crippen molar-refractivity contribution in [1.82, 2.24) is 4.31 Å². The van der Waals surface area contributed by atoms with Gasteiger partial charge in [0.25, 0.3) is 0 Å². The lowest BCUT2D eigenvalue weighted by atomic mass is 10.2. The van der Waals surface area contributed by atoms with Crippen molar-refractivity contribution < 1.29 is 8.42 Å². The van der Waals surface area contributed by atoms with Gasteiger partial charge in [0.05, 0.1) is 11.5 Å². The summed E-state index contributed by atoms with van der Waals surface area (Å²) in [5.41, 5.74) is 6.00. The summed E-state index contributed by atoms with van der Waals surface area (Å²) in [6, 6.07) is 8.99. The number of nitrogens with two attached hydrogens (primary N) is 1. The molecule has 0 bridgehead atoms. The number of piperidine rings is 1. The molecule has 6 nitrogen and oxygen atoms in total. The van der Waals surface area contributed by atoms with Crippen molar-refractivity contribution in [3.63, 3.8) is 0 Å². The zero-order valence-corrected chi connectivity index (χ0v) is 12.8. The van der Waals surface area contributed by atoms with Crippen LogP contribution in [0.25, 0.3) is 0 Å². The number of amidine groups is 1. The van der Waals surface area contributed by atoms with Crippen LogP contribution >= 0.6 is 0 Å². The molecule has 0 unspecified atom stereocenters. The van der Waals surface area contributed by atoms with Gasteiger partial charge >= 0.3 is 10.2 Å². The Kier molecular flexibility index (Phi) is 5.19. The Labute approximate surface area is 126 Å². The molecule has 0 atom stereocenters. The molecule has 1 aromatic carbocycles. The van der Waals surface area contributed by atoms with E-state index in [-0.39, 0.29) is 18.8 Å². The van der Waals surface area contributed by atoms with Gasteiger partial charge in [0.1, 0.15) is 0 Å². The Morgan fingerprint density at radius 2 is 1.81 bits per heavy atom. The number of benzene rings is 1. The maximum absolute atomic E-state index is 12.8. The van der Waals surface area contributed by atoms with Crippen LogP contribution in [0.15, 0.2) is 30.3 Å². The lowest BCUT2D eigenvalue weighted by molar-refractivity contribution is 0.345. The van der Waals surface area contributed by atoms with Crippen LogP contribution in [0.2, 0.25) is 0 Å². The molecule has 3 N–H and O–H groups in total. The Morgan fingerprint density at radius 1 is 1.19 bits per heavy atom. The molecule has 0 saturated carbocycles. The number of anilines is 1. The summed E-state index contributed by atoms with van der Waals surface area (Å²) in [5.74, 6) is -0.00947. The van der Waals surface area contributed by atoms with E-state index in [4.69, 9.17) is 11.1 Å². The van der Waals surface area contributed by atoms with Gasteiger partial charge < -0.3 is 5.73 Å². The van der Waals surface area contributed by atoms with Crippen LogP contribution in [0.3, 0.4) is 0 Å². The molecule has 2 rings (SSSR count). The van der Waals surface area contributed by atoms with Gasteiger partial charge in [0, 0.05) is 26.1 Å². The van der Waals surface area contributed by atoms with Gasteiger partial charge in [-0.2, -0.15) is 12.7 Å². The first kappa shape index (κ1) is 15.8. The molecular formula is C14H22N4O2S. The van der Waals surface area contributed by atoms with Crippen LogP contribution in [0.1, 0.15) is 25.7 Å². The van der Waals surface area contributed by atoms with E-state index in [2.05, 4.69) is 0 Å². The molecule has 1 heterocycles. The van der Waals surface area contributed by atoms with E-state index in [1.165, 1.54) is 8.61 Å². The van der Waals surface area contributed by atoms with Crippen molar-refractivity contribution in [1.29, 1.82) is 5.41 Å². The van der Waals surface area contributed by atoms with Gasteiger partial charge in [-0.25, -0.2) is 0 Å². The lowest BCUT2D eigenvalue weighted by Crippen LogP contribution is -2.47. The quantitative estimate of drug-likeness (QED) is 0.617. The lowest BCUT2D eigenvalue weighted by Gasteiger charge is -2.33. The molecule has 7 heteroatoms. The molecule has 1 aliphatic rings. The predicted octanol–water partition coefficient (Wildman–Crippen LogP) is 1.55. The third-order valence-corrected chi connectivity index (χ3v) is 5.52. The number of rotatable bonds is 6.